The minimum absolute atomic E-state index is 0.0653. The number of hydrogen-bond acceptors (Lipinski definition) is 4. The molecule has 0 aliphatic heterocycles. The van der Waals surface area contributed by atoms with Crippen LogP contribution in [0.25, 0.3) is 11.0 Å². The van der Waals surface area contributed by atoms with Gasteiger partial charge in [-0.05, 0) is 25.0 Å². The molecule has 1 N–H and O–H groups in total. The zero-order chi connectivity index (χ0) is 12.3. The summed E-state index contributed by atoms with van der Waals surface area (Å²) in [6, 6.07) is 5.64. The topological polar surface area (TPSA) is 54.9 Å². The number of amides is 1. The van der Waals surface area contributed by atoms with Crippen molar-refractivity contribution in [1.29, 1.82) is 0 Å². The Morgan fingerprint density at radius 2 is 2.12 bits per heavy atom. The maximum atomic E-state index is 12.0. The number of rotatable bonds is 4. The van der Waals surface area contributed by atoms with Gasteiger partial charge in [0.05, 0.1) is 17.4 Å². The number of nitrogens with zero attached hydrogens (tertiary/aromatic N) is 2. The van der Waals surface area contributed by atoms with Crippen molar-refractivity contribution in [2.45, 2.75) is 26.7 Å². The number of hydrogen-bond donors (Lipinski definition) is 1. The molecular formula is C12H15N3OS. The molecule has 1 amide bonds. The van der Waals surface area contributed by atoms with Crippen molar-refractivity contribution < 1.29 is 4.79 Å². The van der Waals surface area contributed by atoms with E-state index in [0.29, 0.717) is 0 Å². The predicted octanol–water partition coefficient (Wildman–Crippen LogP) is 3.07. The smallest absolute Gasteiger partial charge is 0.227 e. The van der Waals surface area contributed by atoms with Gasteiger partial charge in [-0.25, -0.2) is 0 Å². The molecule has 0 aliphatic carbocycles. The Morgan fingerprint density at radius 1 is 1.35 bits per heavy atom. The van der Waals surface area contributed by atoms with E-state index in [9.17, 15) is 4.79 Å². The summed E-state index contributed by atoms with van der Waals surface area (Å²) in [4.78, 5) is 12.0. The number of fused-ring (bicyclic) bond motifs is 1. The second-order valence-corrected chi connectivity index (χ2v) is 4.47. The van der Waals surface area contributed by atoms with Gasteiger partial charge >= 0.3 is 0 Å². The normalized spacial score (nSPS) is 11.0. The molecule has 0 fully saturated rings. The van der Waals surface area contributed by atoms with Crippen LogP contribution in [0.3, 0.4) is 0 Å². The quantitative estimate of drug-likeness (QED) is 0.906. The third kappa shape index (κ3) is 2.44. The molecule has 1 aromatic heterocycles. The van der Waals surface area contributed by atoms with Crippen molar-refractivity contribution in [3.05, 3.63) is 18.2 Å². The van der Waals surface area contributed by atoms with Gasteiger partial charge in [-0.1, -0.05) is 19.9 Å². The van der Waals surface area contributed by atoms with E-state index in [0.717, 1.165) is 41.3 Å². The summed E-state index contributed by atoms with van der Waals surface area (Å²) in [6.07, 6.45) is 1.71. The van der Waals surface area contributed by atoms with Crippen LogP contribution in [0.4, 0.5) is 5.69 Å². The molecule has 90 valence electrons. The van der Waals surface area contributed by atoms with E-state index in [2.05, 4.69) is 14.1 Å². The van der Waals surface area contributed by atoms with E-state index in [-0.39, 0.29) is 11.8 Å². The Kier molecular flexibility index (Phi) is 3.68. The number of nitrogens with one attached hydrogen (secondary N) is 1. The van der Waals surface area contributed by atoms with Crippen molar-refractivity contribution in [2.75, 3.05) is 5.32 Å². The van der Waals surface area contributed by atoms with Crippen LogP contribution >= 0.6 is 11.7 Å². The molecule has 17 heavy (non-hydrogen) atoms. The van der Waals surface area contributed by atoms with Crippen LogP contribution in [0, 0.1) is 5.92 Å². The third-order valence-corrected chi connectivity index (χ3v) is 3.44. The average Bonchev–Trinajstić information content (AvgIpc) is 2.80. The first-order valence-corrected chi connectivity index (χ1v) is 6.51. The zero-order valence-electron chi connectivity index (χ0n) is 9.93. The van der Waals surface area contributed by atoms with E-state index in [1.165, 1.54) is 0 Å². The van der Waals surface area contributed by atoms with E-state index in [4.69, 9.17) is 0 Å². The van der Waals surface area contributed by atoms with Crippen molar-refractivity contribution in [1.82, 2.24) is 8.75 Å². The van der Waals surface area contributed by atoms with Gasteiger partial charge in [0.25, 0.3) is 0 Å². The summed E-state index contributed by atoms with van der Waals surface area (Å²) in [6.45, 7) is 4.05. The average molecular weight is 249 g/mol. The Morgan fingerprint density at radius 3 is 2.82 bits per heavy atom. The van der Waals surface area contributed by atoms with Gasteiger partial charge in [-0.2, -0.15) is 8.75 Å². The lowest BCUT2D eigenvalue weighted by Crippen LogP contribution is -2.21. The van der Waals surface area contributed by atoms with Gasteiger partial charge in [0.2, 0.25) is 5.91 Å². The van der Waals surface area contributed by atoms with Crippen LogP contribution in [0.1, 0.15) is 26.7 Å². The molecule has 0 aliphatic rings. The molecule has 0 bridgehead atoms. The fourth-order valence-corrected chi connectivity index (χ4v) is 2.35. The Hall–Kier alpha value is -1.49. The molecule has 0 radical (unpaired) electrons. The summed E-state index contributed by atoms with van der Waals surface area (Å²) in [5.41, 5.74) is 2.36. The molecule has 0 unspecified atom stereocenters. The third-order valence-electron chi connectivity index (χ3n) is 2.90. The molecule has 5 heteroatoms. The molecule has 1 heterocycles. The first-order chi connectivity index (χ1) is 8.26. The molecule has 0 saturated heterocycles. The SMILES string of the molecule is CCC(CC)C(=O)Nc1cccc2nsnc12. The highest BCUT2D eigenvalue weighted by Crippen LogP contribution is 2.22. The zero-order valence-corrected chi connectivity index (χ0v) is 10.8. The van der Waals surface area contributed by atoms with Gasteiger partial charge in [-0.3, -0.25) is 4.79 Å². The number of carbonyl (C=O) groups is 1. The summed E-state index contributed by atoms with van der Waals surface area (Å²) >= 11 is 1.16. The highest BCUT2D eigenvalue weighted by molar-refractivity contribution is 7.00. The highest BCUT2D eigenvalue weighted by Gasteiger charge is 2.15. The van der Waals surface area contributed by atoms with E-state index >= 15 is 0 Å². The van der Waals surface area contributed by atoms with Gasteiger partial charge in [0, 0.05) is 5.92 Å². The van der Waals surface area contributed by atoms with Crippen LogP contribution in [0.5, 0.6) is 0 Å². The minimum atomic E-state index is 0.0653. The Labute approximate surface area is 104 Å². The fourth-order valence-electron chi connectivity index (χ4n) is 1.80. The van der Waals surface area contributed by atoms with E-state index < -0.39 is 0 Å². The lowest BCUT2D eigenvalue weighted by Gasteiger charge is -2.12. The largest absolute Gasteiger partial charge is 0.324 e. The predicted molar refractivity (Wildman–Crippen MR) is 70.1 cm³/mol. The van der Waals surface area contributed by atoms with Crippen LogP contribution in [-0.2, 0) is 4.79 Å². The number of aromatic nitrogens is 2. The lowest BCUT2D eigenvalue weighted by atomic mass is 10.0. The van der Waals surface area contributed by atoms with Crippen LogP contribution in [0.15, 0.2) is 18.2 Å². The molecule has 1 aromatic carbocycles. The second-order valence-electron chi connectivity index (χ2n) is 3.94. The second kappa shape index (κ2) is 5.23. The number of anilines is 1. The molecule has 2 aromatic rings. The summed E-state index contributed by atoms with van der Waals surface area (Å²) in [5, 5.41) is 2.94. The molecule has 0 atom stereocenters. The molecule has 0 spiro atoms. The van der Waals surface area contributed by atoms with Gasteiger partial charge in [0.1, 0.15) is 11.0 Å². The number of carbonyl (C=O) groups excluding carboxylic acids is 1. The maximum Gasteiger partial charge on any atom is 0.227 e. The molecule has 0 saturated carbocycles. The monoisotopic (exact) mass is 249 g/mol. The van der Waals surface area contributed by atoms with Crippen molar-refractivity contribution in [2.24, 2.45) is 5.92 Å². The Balaban J connectivity index is 2.23. The van der Waals surface area contributed by atoms with Crippen molar-refractivity contribution in [3.63, 3.8) is 0 Å². The standard InChI is InChI=1S/C12H15N3OS/c1-3-8(4-2)12(16)13-9-6-5-7-10-11(9)15-17-14-10/h5-8H,3-4H2,1-2H3,(H,13,16). The van der Waals surface area contributed by atoms with Gasteiger partial charge < -0.3 is 5.32 Å². The first-order valence-electron chi connectivity index (χ1n) is 5.78. The van der Waals surface area contributed by atoms with Crippen LogP contribution < -0.4 is 5.32 Å². The lowest BCUT2D eigenvalue weighted by molar-refractivity contribution is -0.120. The van der Waals surface area contributed by atoms with Gasteiger partial charge in [0.15, 0.2) is 0 Å². The maximum absolute atomic E-state index is 12.0. The van der Waals surface area contributed by atoms with Crippen molar-refractivity contribution in [3.8, 4) is 0 Å². The van der Waals surface area contributed by atoms with Crippen LogP contribution in [-0.4, -0.2) is 14.7 Å². The minimum Gasteiger partial charge on any atom is -0.324 e. The summed E-state index contributed by atoms with van der Waals surface area (Å²) < 4.78 is 8.35. The summed E-state index contributed by atoms with van der Waals surface area (Å²) in [7, 11) is 0. The summed E-state index contributed by atoms with van der Waals surface area (Å²) in [5.74, 6) is 0.132. The molecular weight excluding hydrogens is 234 g/mol. The Bertz CT molecular complexity index is 519. The molecule has 2 rings (SSSR count). The molecule has 4 nitrogen and oxygen atoms in total. The van der Waals surface area contributed by atoms with Gasteiger partial charge in [-0.15, -0.1) is 0 Å². The fraction of sp³-hybridized carbons (Fsp3) is 0.417. The van der Waals surface area contributed by atoms with Crippen molar-refractivity contribution >= 4 is 34.4 Å². The first kappa shape index (κ1) is 12.0. The van der Waals surface area contributed by atoms with E-state index in [1.54, 1.807) is 0 Å². The highest BCUT2D eigenvalue weighted by atomic mass is 32.1. The van der Waals surface area contributed by atoms with E-state index in [1.807, 2.05) is 32.0 Å². The van der Waals surface area contributed by atoms with Crippen LogP contribution in [0.2, 0.25) is 0 Å². The number of benzene rings is 1.